The van der Waals surface area contributed by atoms with Gasteiger partial charge in [-0.15, -0.1) is 0 Å². The molecule has 0 aromatic heterocycles. The molecule has 8 heavy (non-hydrogen) atoms. The molecule has 0 aliphatic heterocycles. The van der Waals surface area contributed by atoms with Gasteiger partial charge in [0.25, 0.3) is 0 Å². The zero-order valence-corrected chi connectivity index (χ0v) is 4.33. The van der Waals surface area contributed by atoms with Crippen LogP contribution in [0, 0.1) is 0 Å². The minimum atomic E-state index is -0.362. The van der Waals surface area contributed by atoms with Crippen molar-refractivity contribution < 1.29 is 10.2 Å². The first kappa shape index (κ1) is 7.19. The third-order valence-electron chi connectivity index (χ3n) is 0.501. The zero-order chi connectivity index (χ0) is 6.41. The summed E-state index contributed by atoms with van der Waals surface area (Å²) in [5, 5.41) is 18.5. The molecule has 0 radical (unpaired) electrons. The molecule has 48 valence electrons. The Labute approximate surface area is 46.8 Å². The average molecular weight is 119 g/mol. The number of guanidine groups is 1. The Kier molecular flexibility index (Phi) is 3.91. The molecule has 5 heteroatoms. The van der Waals surface area contributed by atoms with Gasteiger partial charge < -0.3 is 21.3 Å². The van der Waals surface area contributed by atoms with Gasteiger partial charge >= 0.3 is 0 Å². The van der Waals surface area contributed by atoms with Crippen LogP contribution in [-0.2, 0) is 0 Å². The summed E-state index contributed by atoms with van der Waals surface area (Å²) in [7, 11) is 0. The van der Waals surface area contributed by atoms with Crippen LogP contribution in [0.4, 0.5) is 0 Å². The predicted octanol–water partition coefficient (Wildman–Crippen LogP) is -2.21. The highest BCUT2D eigenvalue weighted by molar-refractivity contribution is 5.77. The number of nitrogens with zero attached hydrogens (tertiary/aromatic N) is 1. The van der Waals surface area contributed by atoms with Gasteiger partial charge in [-0.05, 0) is 0 Å². The van der Waals surface area contributed by atoms with E-state index in [2.05, 4.69) is 10.3 Å². The molecular formula is C3H9N3O2. The summed E-state index contributed by atoms with van der Waals surface area (Å²) in [6.07, 6.45) is 0. The summed E-state index contributed by atoms with van der Waals surface area (Å²) < 4.78 is 0. The van der Waals surface area contributed by atoms with Crippen LogP contribution < -0.4 is 11.1 Å². The highest BCUT2D eigenvalue weighted by atomic mass is 16.3. The molecule has 0 saturated heterocycles. The van der Waals surface area contributed by atoms with Crippen molar-refractivity contribution in [1.82, 2.24) is 5.32 Å². The number of hydrogen-bond donors (Lipinski definition) is 4. The Morgan fingerprint density at radius 3 is 2.62 bits per heavy atom. The van der Waals surface area contributed by atoms with E-state index in [9.17, 15) is 0 Å². The summed E-state index contributed by atoms with van der Waals surface area (Å²) in [6, 6.07) is 0. The minimum absolute atomic E-state index is 0.0370. The fourth-order valence-electron chi connectivity index (χ4n) is 0.213. The van der Waals surface area contributed by atoms with Crippen molar-refractivity contribution in [2.75, 3.05) is 13.5 Å². The van der Waals surface area contributed by atoms with E-state index < -0.39 is 0 Å². The number of aliphatic hydroxyl groups is 2. The van der Waals surface area contributed by atoms with E-state index in [4.69, 9.17) is 15.9 Å². The number of nitrogens with two attached hydrogens (primary N) is 1. The summed E-state index contributed by atoms with van der Waals surface area (Å²) >= 11 is 0. The first-order valence-corrected chi connectivity index (χ1v) is 2.06. The zero-order valence-electron chi connectivity index (χ0n) is 4.33. The third-order valence-corrected chi connectivity index (χ3v) is 0.501. The molecule has 0 spiro atoms. The van der Waals surface area contributed by atoms with Gasteiger partial charge in [0.15, 0.2) is 5.96 Å². The van der Waals surface area contributed by atoms with Gasteiger partial charge in [-0.2, -0.15) is 0 Å². The maximum atomic E-state index is 8.11. The standard InChI is InChI=1S/C3H9N3O2/c4-3(5-1-7)6-2-8/h7-8H,1-2H2,(H3,4,5,6). The molecule has 5 N–H and O–H groups in total. The highest BCUT2D eigenvalue weighted by Crippen LogP contribution is 1.59. The molecule has 0 rings (SSSR count). The lowest BCUT2D eigenvalue weighted by molar-refractivity contribution is 0.282. The Morgan fingerprint density at radius 2 is 2.25 bits per heavy atom. The first-order chi connectivity index (χ1) is 3.81. The van der Waals surface area contributed by atoms with E-state index in [-0.39, 0.29) is 19.4 Å². The van der Waals surface area contributed by atoms with E-state index in [1.807, 2.05) is 0 Å². The van der Waals surface area contributed by atoms with Crippen LogP contribution in [0.2, 0.25) is 0 Å². The van der Waals surface area contributed by atoms with E-state index in [0.29, 0.717) is 0 Å². The highest BCUT2D eigenvalue weighted by Gasteiger charge is 1.81. The van der Waals surface area contributed by atoms with Crippen molar-refractivity contribution >= 4 is 5.96 Å². The largest absolute Gasteiger partial charge is 0.376 e. The van der Waals surface area contributed by atoms with Gasteiger partial charge in [0.1, 0.15) is 13.5 Å². The molecule has 0 unspecified atom stereocenters. The molecule has 0 heterocycles. The maximum absolute atomic E-state index is 8.11. The molecule has 5 nitrogen and oxygen atoms in total. The average Bonchev–Trinajstić information content (AvgIpc) is 1.68. The number of aliphatic hydroxyl groups excluding tert-OH is 2. The van der Waals surface area contributed by atoms with E-state index in [1.165, 1.54) is 0 Å². The van der Waals surface area contributed by atoms with Gasteiger partial charge in [-0.3, -0.25) is 0 Å². The monoisotopic (exact) mass is 119 g/mol. The first-order valence-electron chi connectivity index (χ1n) is 2.06. The number of rotatable bonds is 2. The van der Waals surface area contributed by atoms with Gasteiger partial charge in [-0.25, -0.2) is 4.99 Å². The molecule has 0 bridgehead atoms. The van der Waals surface area contributed by atoms with Crippen LogP contribution in [0.3, 0.4) is 0 Å². The van der Waals surface area contributed by atoms with Crippen LogP contribution in [0.25, 0.3) is 0 Å². The van der Waals surface area contributed by atoms with Crippen LogP contribution in [0.1, 0.15) is 0 Å². The van der Waals surface area contributed by atoms with Gasteiger partial charge in [0.2, 0.25) is 0 Å². The number of aliphatic imine (C=N–C) groups is 1. The second kappa shape index (κ2) is 4.35. The fourth-order valence-corrected chi connectivity index (χ4v) is 0.213. The quantitative estimate of drug-likeness (QED) is 0.188. The number of nitrogens with one attached hydrogen (secondary N) is 1. The van der Waals surface area contributed by atoms with Crippen LogP contribution in [-0.4, -0.2) is 29.6 Å². The molecule has 0 fully saturated rings. The molecular weight excluding hydrogens is 110 g/mol. The normalized spacial score (nSPS) is 11.5. The molecule has 0 aromatic carbocycles. The molecule has 0 atom stereocenters. The van der Waals surface area contributed by atoms with Crippen LogP contribution in [0.5, 0.6) is 0 Å². The Morgan fingerprint density at radius 1 is 1.62 bits per heavy atom. The van der Waals surface area contributed by atoms with Gasteiger partial charge in [0, 0.05) is 0 Å². The maximum Gasteiger partial charge on any atom is 0.192 e. The van der Waals surface area contributed by atoms with Gasteiger partial charge in [0.05, 0.1) is 0 Å². The lowest BCUT2D eigenvalue weighted by Gasteiger charge is -1.96. The van der Waals surface area contributed by atoms with E-state index in [1.54, 1.807) is 0 Å². The molecule has 0 aliphatic rings. The summed E-state index contributed by atoms with van der Waals surface area (Å²) in [5.41, 5.74) is 5.01. The van der Waals surface area contributed by atoms with Crippen molar-refractivity contribution in [2.45, 2.75) is 0 Å². The molecule has 0 saturated carbocycles. The molecule has 0 aromatic rings. The van der Waals surface area contributed by atoms with E-state index >= 15 is 0 Å². The van der Waals surface area contributed by atoms with Crippen LogP contribution in [0.15, 0.2) is 4.99 Å². The van der Waals surface area contributed by atoms with Crippen molar-refractivity contribution in [2.24, 2.45) is 10.7 Å². The SMILES string of the molecule is N/C(=N\CO)NCO. The minimum Gasteiger partial charge on any atom is -0.376 e. The van der Waals surface area contributed by atoms with Crippen molar-refractivity contribution in [3.63, 3.8) is 0 Å². The third kappa shape index (κ3) is 3.38. The number of hydrogen-bond acceptors (Lipinski definition) is 3. The Bertz CT molecular complexity index is 82.6. The lowest BCUT2D eigenvalue weighted by Crippen LogP contribution is -2.32. The predicted molar refractivity (Wildman–Crippen MR) is 28.9 cm³/mol. The van der Waals surface area contributed by atoms with Crippen molar-refractivity contribution in [3.05, 3.63) is 0 Å². The topological polar surface area (TPSA) is 90.9 Å². The molecule has 0 amide bonds. The lowest BCUT2D eigenvalue weighted by atomic mass is 10.9. The van der Waals surface area contributed by atoms with Crippen LogP contribution >= 0.6 is 0 Å². The van der Waals surface area contributed by atoms with E-state index in [0.717, 1.165) is 0 Å². The van der Waals surface area contributed by atoms with Crippen molar-refractivity contribution in [1.29, 1.82) is 0 Å². The Balaban J connectivity index is 3.29. The summed E-state index contributed by atoms with van der Waals surface area (Å²) in [6.45, 7) is -0.631. The second-order valence-electron chi connectivity index (χ2n) is 1.02. The smallest absolute Gasteiger partial charge is 0.192 e. The molecule has 0 aliphatic carbocycles. The van der Waals surface area contributed by atoms with Gasteiger partial charge in [-0.1, -0.05) is 0 Å². The Hall–Kier alpha value is -0.810. The second-order valence-corrected chi connectivity index (χ2v) is 1.02. The summed E-state index contributed by atoms with van der Waals surface area (Å²) in [5.74, 6) is 0.0370. The fraction of sp³-hybridized carbons (Fsp3) is 0.667. The van der Waals surface area contributed by atoms with Crippen molar-refractivity contribution in [3.8, 4) is 0 Å². The summed E-state index contributed by atoms with van der Waals surface area (Å²) in [4.78, 5) is 3.29.